The standard InChI is InChI=1S/C16H27N3O2S/c1-4-14-18-12(2)15(22-14)16(20)17-11-13-5-7-19(8-6-13)9-10-21-3/h13H,4-11H2,1-3H3,(H,17,20). The summed E-state index contributed by atoms with van der Waals surface area (Å²) in [7, 11) is 1.74. The number of aromatic nitrogens is 1. The van der Waals surface area contributed by atoms with E-state index in [0.717, 1.165) is 67.6 Å². The zero-order chi connectivity index (χ0) is 15.9. The van der Waals surface area contributed by atoms with E-state index in [0.29, 0.717) is 5.92 Å². The molecule has 0 radical (unpaired) electrons. The van der Waals surface area contributed by atoms with Crippen molar-refractivity contribution < 1.29 is 9.53 Å². The number of carbonyl (C=O) groups is 1. The summed E-state index contributed by atoms with van der Waals surface area (Å²) in [5.74, 6) is 0.623. The van der Waals surface area contributed by atoms with E-state index >= 15 is 0 Å². The number of carbonyl (C=O) groups excluding carboxylic acids is 1. The van der Waals surface area contributed by atoms with Crippen LogP contribution in [-0.2, 0) is 11.2 Å². The van der Waals surface area contributed by atoms with Crippen LogP contribution in [0.5, 0.6) is 0 Å². The van der Waals surface area contributed by atoms with Gasteiger partial charge in [0.2, 0.25) is 0 Å². The Labute approximate surface area is 137 Å². The number of amides is 1. The van der Waals surface area contributed by atoms with Crippen LogP contribution in [0.15, 0.2) is 0 Å². The lowest BCUT2D eigenvalue weighted by Crippen LogP contribution is -2.39. The molecule has 1 aromatic rings. The molecule has 1 N–H and O–H groups in total. The molecule has 2 heterocycles. The van der Waals surface area contributed by atoms with Crippen LogP contribution in [0.3, 0.4) is 0 Å². The van der Waals surface area contributed by atoms with Gasteiger partial charge in [-0.15, -0.1) is 11.3 Å². The van der Waals surface area contributed by atoms with Crippen molar-refractivity contribution in [3.05, 3.63) is 15.6 Å². The number of aryl methyl sites for hydroxylation is 2. The molecular formula is C16H27N3O2S. The number of nitrogens with zero attached hydrogens (tertiary/aromatic N) is 2. The van der Waals surface area contributed by atoms with Crippen molar-refractivity contribution in [3.8, 4) is 0 Å². The van der Waals surface area contributed by atoms with Gasteiger partial charge in [-0.25, -0.2) is 4.98 Å². The van der Waals surface area contributed by atoms with Crippen molar-refractivity contribution in [2.24, 2.45) is 5.92 Å². The molecule has 2 rings (SSSR count). The van der Waals surface area contributed by atoms with E-state index in [4.69, 9.17) is 4.74 Å². The molecule has 1 saturated heterocycles. The van der Waals surface area contributed by atoms with Crippen LogP contribution >= 0.6 is 11.3 Å². The average Bonchev–Trinajstić information content (AvgIpc) is 2.92. The molecule has 0 aliphatic carbocycles. The van der Waals surface area contributed by atoms with Crippen LogP contribution in [-0.4, -0.2) is 55.7 Å². The maximum Gasteiger partial charge on any atom is 0.263 e. The summed E-state index contributed by atoms with van der Waals surface area (Å²) in [5, 5.41) is 4.13. The lowest BCUT2D eigenvalue weighted by Gasteiger charge is -2.31. The summed E-state index contributed by atoms with van der Waals surface area (Å²) in [6.45, 7) is 8.76. The average molecular weight is 325 g/mol. The molecule has 22 heavy (non-hydrogen) atoms. The zero-order valence-electron chi connectivity index (χ0n) is 13.9. The topological polar surface area (TPSA) is 54.5 Å². The van der Waals surface area contributed by atoms with Crippen LogP contribution in [0.2, 0.25) is 0 Å². The highest BCUT2D eigenvalue weighted by molar-refractivity contribution is 7.13. The van der Waals surface area contributed by atoms with Gasteiger partial charge >= 0.3 is 0 Å². The maximum atomic E-state index is 12.3. The number of ether oxygens (including phenoxy) is 1. The number of methoxy groups -OCH3 is 1. The summed E-state index contributed by atoms with van der Waals surface area (Å²) < 4.78 is 5.12. The van der Waals surface area contributed by atoms with E-state index in [2.05, 4.69) is 22.1 Å². The van der Waals surface area contributed by atoms with Gasteiger partial charge in [0, 0.05) is 20.2 Å². The van der Waals surface area contributed by atoms with Gasteiger partial charge in [-0.3, -0.25) is 4.79 Å². The number of hydrogen-bond donors (Lipinski definition) is 1. The molecule has 0 aromatic carbocycles. The molecule has 0 spiro atoms. The van der Waals surface area contributed by atoms with Crippen LogP contribution in [0.4, 0.5) is 0 Å². The number of likely N-dealkylation sites (tertiary alicyclic amines) is 1. The van der Waals surface area contributed by atoms with Crippen LogP contribution < -0.4 is 5.32 Å². The van der Waals surface area contributed by atoms with Gasteiger partial charge < -0.3 is 15.0 Å². The summed E-state index contributed by atoms with van der Waals surface area (Å²) in [6, 6.07) is 0. The highest BCUT2D eigenvalue weighted by Gasteiger charge is 2.21. The molecule has 0 unspecified atom stereocenters. The van der Waals surface area contributed by atoms with Crippen molar-refractivity contribution in [2.45, 2.75) is 33.1 Å². The molecule has 1 amide bonds. The van der Waals surface area contributed by atoms with E-state index in [9.17, 15) is 4.79 Å². The Morgan fingerprint density at radius 2 is 2.18 bits per heavy atom. The predicted molar refractivity (Wildman–Crippen MR) is 89.6 cm³/mol. The number of nitrogens with one attached hydrogen (secondary N) is 1. The van der Waals surface area contributed by atoms with Gasteiger partial charge in [-0.2, -0.15) is 0 Å². The van der Waals surface area contributed by atoms with E-state index in [1.54, 1.807) is 7.11 Å². The summed E-state index contributed by atoms with van der Waals surface area (Å²) in [6.07, 6.45) is 3.18. The fourth-order valence-electron chi connectivity index (χ4n) is 2.77. The Morgan fingerprint density at radius 1 is 1.45 bits per heavy atom. The lowest BCUT2D eigenvalue weighted by molar-refractivity contribution is 0.0929. The van der Waals surface area contributed by atoms with Crippen molar-refractivity contribution >= 4 is 17.2 Å². The largest absolute Gasteiger partial charge is 0.383 e. The molecular weight excluding hydrogens is 298 g/mol. The van der Waals surface area contributed by atoms with Gasteiger partial charge in [0.25, 0.3) is 5.91 Å². The molecule has 5 nitrogen and oxygen atoms in total. The number of thiazole rings is 1. The summed E-state index contributed by atoms with van der Waals surface area (Å²) >= 11 is 1.52. The molecule has 0 saturated carbocycles. The van der Waals surface area contributed by atoms with Crippen LogP contribution in [0, 0.1) is 12.8 Å². The molecule has 6 heteroatoms. The molecule has 1 aromatic heterocycles. The highest BCUT2D eigenvalue weighted by atomic mass is 32.1. The fraction of sp³-hybridized carbons (Fsp3) is 0.750. The minimum absolute atomic E-state index is 0.0384. The number of piperidine rings is 1. The van der Waals surface area contributed by atoms with Crippen molar-refractivity contribution in [2.75, 3.05) is 39.9 Å². The van der Waals surface area contributed by atoms with Gasteiger partial charge in [0.15, 0.2) is 0 Å². The van der Waals surface area contributed by atoms with E-state index in [-0.39, 0.29) is 5.91 Å². The summed E-state index contributed by atoms with van der Waals surface area (Å²) in [4.78, 5) is 19.9. The first kappa shape index (κ1) is 17.4. The Balaban J connectivity index is 1.74. The summed E-state index contributed by atoms with van der Waals surface area (Å²) in [5.41, 5.74) is 0.855. The monoisotopic (exact) mass is 325 g/mol. The minimum atomic E-state index is 0.0384. The Bertz CT molecular complexity index is 482. The fourth-order valence-corrected chi connectivity index (χ4v) is 3.69. The number of rotatable bonds is 7. The lowest BCUT2D eigenvalue weighted by atomic mass is 9.97. The van der Waals surface area contributed by atoms with Crippen molar-refractivity contribution in [3.63, 3.8) is 0 Å². The van der Waals surface area contributed by atoms with Gasteiger partial charge in [-0.1, -0.05) is 6.92 Å². The maximum absolute atomic E-state index is 12.3. The van der Waals surface area contributed by atoms with Gasteiger partial charge in [0.05, 0.1) is 17.3 Å². The first-order valence-electron chi connectivity index (χ1n) is 8.09. The second kappa shape index (κ2) is 8.60. The Hall–Kier alpha value is -0.980. The molecule has 0 bridgehead atoms. The first-order valence-corrected chi connectivity index (χ1v) is 8.91. The third-order valence-electron chi connectivity index (χ3n) is 4.22. The van der Waals surface area contributed by atoms with Crippen molar-refractivity contribution in [1.82, 2.24) is 15.2 Å². The second-order valence-corrected chi connectivity index (χ2v) is 6.95. The predicted octanol–water partition coefficient (Wildman–Crippen LogP) is 2.10. The normalized spacial score (nSPS) is 16.9. The highest BCUT2D eigenvalue weighted by Crippen LogP contribution is 2.19. The first-order chi connectivity index (χ1) is 10.6. The third-order valence-corrected chi connectivity index (χ3v) is 5.52. The second-order valence-electron chi connectivity index (χ2n) is 5.86. The minimum Gasteiger partial charge on any atom is -0.383 e. The third kappa shape index (κ3) is 4.76. The SMILES string of the molecule is CCc1nc(C)c(C(=O)NCC2CCN(CCOC)CC2)s1. The van der Waals surface area contributed by atoms with E-state index in [1.807, 2.05) is 6.92 Å². The van der Waals surface area contributed by atoms with Gasteiger partial charge in [-0.05, 0) is 45.2 Å². The van der Waals surface area contributed by atoms with Crippen molar-refractivity contribution in [1.29, 1.82) is 0 Å². The Morgan fingerprint density at radius 3 is 2.77 bits per heavy atom. The molecule has 124 valence electrons. The van der Waals surface area contributed by atoms with E-state index in [1.165, 1.54) is 11.3 Å². The zero-order valence-corrected chi connectivity index (χ0v) is 14.7. The Kier molecular flexibility index (Phi) is 6.79. The van der Waals surface area contributed by atoms with Crippen LogP contribution in [0.1, 0.15) is 40.1 Å². The molecule has 1 aliphatic rings. The van der Waals surface area contributed by atoms with Gasteiger partial charge in [0.1, 0.15) is 4.88 Å². The molecule has 1 fully saturated rings. The number of hydrogen-bond acceptors (Lipinski definition) is 5. The molecule has 1 aliphatic heterocycles. The van der Waals surface area contributed by atoms with Crippen LogP contribution in [0.25, 0.3) is 0 Å². The van der Waals surface area contributed by atoms with E-state index < -0.39 is 0 Å². The molecule has 0 atom stereocenters. The quantitative estimate of drug-likeness (QED) is 0.834. The smallest absolute Gasteiger partial charge is 0.263 e.